The van der Waals surface area contributed by atoms with Gasteiger partial charge in [-0.3, -0.25) is 0 Å². The molecule has 0 unspecified atom stereocenters. The van der Waals surface area contributed by atoms with E-state index in [1.54, 1.807) is 0 Å². The summed E-state index contributed by atoms with van der Waals surface area (Å²) >= 11 is 8.70. The molecule has 0 fully saturated rings. The third-order valence-corrected chi connectivity index (χ3v) is 3.53. The summed E-state index contributed by atoms with van der Waals surface area (Å²) in [7, 11) is -3.72. The van der Waals surface area contributed by atoms with Gasteiger partial charge in [-0.2, -0.15) is 0 Å². The molecule has 4 nitrogen and oxygen atoms in total. The van der Waals surface area contributed by atoms with Gasteiger partial charge in [0.2, 0.25) is 10.0 Å². The molecule has 1 aromatic heterocycles. The van der Waals surface area contributed by atoms with Gasteiger partial charge in [-0.1, -0.05) is 11.6 Å². The second-order valence-electron chi connectivity index (χ2n) is 2.39. The van der Waals surface area contributed by atoms with Crippen LogP contribution in [0, 0.1) is 6.92 Å². The number of aryl methyl sites for hydroxylation is 1. The Morgan fingerprint density at radius 3 is 2.62 bits per heavy atom. The smallest absolute Gasteiger partial charge is 0.239 e. The fourth-order valence-electron chi connectivity index (χ4n) is 0.823. The molecular formula is C6H6BrClN2O2S. The summed E-state index contributed by atoms with van der Waals surface area (Å²) in [6.45, 7) is 1.53. The monoisotopic (exact) mass is 284 g/mol. The molecule has 0 saturated heterocycles. The van der Waals surface area contributed by atoms with Gasteiger partial charge in [0, 0.05) is 0 Å². The van der Waals surface area contributed by atoms with Gasteiger partial charge >= 0.3 is 0 Å². The van der Waals surface area contributed by atoms with Crippen LogP contribution in [0.5, 0.6) is 0 Å². The number of rotatable bonds is 1. The Morgan fingerprint density at radius 1 is 1.62 bits per heavy atom. The fraction of sp³-hybridized carbons (Fsp3) is 0.167. The van der Waals surface area contributed by atoms with Gasteiger partial charge in [-0.05, 0) is 28.9 Å². The highest BCUT2D eigenvalue weighted by molar-refractivity contribution is 9.10. The van der Waals surface area contributed by atoms with E-state index in [2.05, 4.69) is 20.9 Å². The van der Waals surface area contributed by atoms with Crippen molar-refractivity contribution in [1.82, 2.24) is 4.98 Å². The molecule has 0 spiro atoms. The van der Waals surface area contributed by atoms with Crippen LogP contribution in [0.25, 0.3) is 0 Å². The zero-order chi connectivity index (χ0) is 10.2. The van der Waals surface area contributed by atoms with Crippen LogP contribution in [0.1, 0.15) is 5.69 Å². The Labute approximate surface area is 89.3 Å². The molecule has 1 heterocycles. The Morgan fingerprint density at radius 2 is 2.15 bits per heavy atom. The summed E-state index contributed by atoms with van der Waals surface area (Å²) in [6.07, 6.45) is 0. The second kappa shape index (κ2) is 3.53. The van der Waals surface area contributed by atoms with E-state index < -0.39 is 10.0 Å². The zero-order valence-corrected chi connectivity index (χ0v) is 9.74. The summed E-state index contributed by atoms with van der Waals surface area (Å²) in [5.74, 6) is 0. The molecule has 1 aromatic rings. The molecule has 0 aliphatic heterocycles. The molecule has 13 heavy (non-hydrogen) atoms. The highest BCUT2D eigenvalue weighted by Gasteiger charge is 2.14. The van der Waals surface area contributed by atoms with Crippen molar-refractivity contribution in [3.05, 3.63) is 21.4 Å². The van der Waals surface area contributed by atoms with Crippen LogP contribution in [-0.2, 0) is 10.0 Å². The average molecular weight is 286 g/mol. The summed E-state index contributed by atoms with van der Waals surface area (Å²) in [5, 5.41) is 5.16. The first-order valence-corrected chi connectivity index (χ1v) is 5.89. The van der Waals surface area contributed by atoms with Crippen LogP contribution in [-0.4, -0.2) is 13.4 Å². The van der Waals surface area contributed by atoms with Crippen molar-refractivity contribution in [2.75, 3.05) is 0 Å². The van der Waals surface area contributed by atoms with Crippen molar-refractivity contribution in [3.8, 4) is 0 Å². The lowest BCUT2D eigenvalue weighted by molar-refractivity contribution is 0.596. The normalized spacial score (nSPS) is 11.7. The molecule has 72 valence electrons. The molecule has 0 atom stereocenters. The third-order valence-electron chi connectivity index (χ3n) is 1.38. The number of sulfonamides is 1. The third kappa shape index (κ3) is 2.40. The van der Waals surface area contributed by atoms with Gasteiger partial charge < -0.3 is 0 Å². The number of hydrogen-bond donors (Lipinski definition) is 1. The number of nitrogens with zero attached hydrogens (tertiary/aromatic N) is 1. The van der Waals surface area contributed by atoms with Crippen molar-refractivity contribution in [2.24, 2.45) is 5.14 Å². The Hall–Kier alpha value is -0.170. The van der Waals surface area contributed by atoms with Crippen molar-refractivity contribution in [2.45, 2.75) is 11.8 Å². The number of hydrogen-bond acceptors (Lipinski definition) is 3. The lowest BCUT2D eigenvalue weighted by atomic mass is 10.4. The van der Waals surface area contributed by atoms with Crippen LogP contribution >= 0.6 is 27.5 Å². The summed E-state index contributed by atoms with van der Waals surface area (Å²) in [6, 6.07) is 1.33. The Balaban J connectivity index is 3.50. The van der Waals surface area contributed by atoms with E-state index in [1.807, 2.05) is 0 Å². The van der Waals surface area contributed by atoms with Crippen LogP contribution in [0.15, 0.2) is 15.4 Å². The maximum absolute atomic E-state index is 11.0. The van der Waals surface area contributed by atoms with Crippen molar-refractivity contribution >= 4 is 37.6 Å². The van der Waals surface area contributed by atoms with E-state index in [9.17, 15) is 8.42 Å². The molecule has 0 aliphatic rings. The number of primary sulfonamides is 1. The molecule has 0 amide bonds. The Kier molecular flexibility index (Phi) is 2.96. The van der Waals surface area contributed by atoms with Crippen molar-refractivity contribution < 1.29 is 8.42 Å². The number of aromatic nitrogens is 1. The van der Waals surface area contributed by atoms with Gasteiger partial charge in [-0.15, -0.1) is 0 Å². The maximum Gasteiger partial charge on any atom is 0.239 e. The minimum Gasteiger partial charge on any atom is -0.239 e. The van der Waals surface area contributed by atoms with Crippen LogP contribution < -0.4 is 5.14 Å². The largest absolute Gasteiger partial charge is 0.239 e. The lowest BCUT2D eigenvalue weighted by Gasteiger charge is -2.03. The average Bonchev–Trinajstić information content (AvgIpc) is 1.94. The van der Waals surface area contributed by atoms with Gasteiger partial charge in [0.25, 0.3) is 0 Å². The van der Waals surface area contributed by atoms with Crippen molar-refractivity contribution in [1.29, 1.82) is 0 Å². The first kappa shape index (κ1) is 10.9. The van der Waals surface area contributed by atoms with Gasteiger partial charge in [0.05, 0.1) is 10.2 Å². The molecule has 0 radical (unpaired) electrons. The predicted molar refractivity (Wildman–Crippen MR) is 53.1 cm³/mol. The van der Waals surface area contributed by atoms with E-state index >= 15 is 0 Å². The lowest BCUT2D eigenvalue weighted by Crippen LogP contribution is -2.14. The maximum atomic E-state index is 11.0. The predicted octanol–water partition coefficient (Wildman–Crippen LogP) is 1.45. The number of pyridine rings is 1. The summed E-state index contributed by atoms with van der Waals surface area (Å²) in [4.78, 5) is 3.77. The quantitative estimate of drug-likeness (QED) is 0.794. The van der Waals surface area contributed by atoms with E-state index in [0.717, 1.165) is 0 Å². The minimum atomic E-state index is -3.72. The second-order valence-corrected chi connectivity index (χ2v) is 5.13. The van der Waals surface area contributed by atoms with Crippen LogP contribution in [0.3, 0.4) is 0 Å². The number of halogens is 2. The first-order valence-electron chi connectivity index (χ1n) is 3.18. The molecule has 0 aliphatic carbocycles. The summed E-state index contributed by atoms with van der Waals surface area (Å²) < 4.78 is 22.4. The zero-order valence-electron chi connectivity index (χ0n) is 6.58. The molecule has 7 heteroatoms. The van der Waals surface area contributed by atoms with E-state index in [-0.39, 0.29) is 15.7 Å². The first-order chi connectivity index (χ1) is 5.82. The molecule has 0 bridgehead atoms. The van der Waals surface area contributed by atoms with Crippen molar-refractivity contribution in [3.63, 3.8) is 0 Å². The molecule has 1 rings (SSSR count). The topological polar surface area (TPSA) is 73.0 Å². The van der Waals surface area contributed by atoms with Gasteiger partial charge in [-0.25, -0.2) is 18.5 Å². The van der Waals surface area contributed by atoms with Gasteiger partial charge in [0.15, 0.2) is 0 Å². The number of nitrogens with two attached hydrogens (primary N) is 1. The van der Waals surface area contributed by atoms with E-state index in [0.29, 0.717) is 4.47 Å². The highest BCUT2D eigenvalue weighted by atomic mass is 79.9. The highest BCUT2D eigenvalue weighted by Crippen LogP contribution is 2.24. The molecule has 0 aromatic carbocycles. The van der Waals surface area contributed by atoms with Gasteiger partial charge in [0.1, 0.15) is 10.0 Å². The van der Waals surface area contributed by atoms with Crippen LogP contribution in [0.2, 0.25) is 5.15 Å². The minimum absolute atomic E-state index is 0.0243. The molecule has 2 N–H and O–H groups in total. The Bertz CT molecular complexity index is 446. The van der Waals surface area contributed by atoms with E-state index in [1.165, 1.54) is 13.0 Å². The van der Waals surface area contributed by atoms with E-state index in [4.69, 9.17) is 16.7 Å². The fourth-order valence-corrected chi connectivity index (χ4v) is 2.21. The standard InChI is InChI=1S/C6H6BrClN2O2S/c1-3-5(13(9,11)12)2-4(7)6(8)10-3/h2H,1H3,(H2,9,11,12). The SMILES string of the molecule is Cc1nc(Cl)c(Br)cc1S(N)(=O)=O. The molecular weight excluding hydrogens is 280 g/mol. The molecule has 0 saturated carbocycles. The summed E-state index contributed by atoms with van der Waals surface area (Å²) in [5.41, 5.74) is 0.288. The van der Waals surface area contributed by atoms with Crippen LogP contribution in [0.4, 0.5) is 0 Å².